The highest BCUT2D eigenvalue weighted by Crippen LogP contribution is 2.37. The van der Waals surface area contributed by atoms with E-state index < -0.39 is 0 Å². The summed E-state index contributed by atoms with van der Waals surface area (Å²) in [5.41, 5.74) is 4.64. The second-order valence-corrected chi connectivity index (χ2v) is 7.29. The van der Waals surface area contributed by atoms with Gasteiger partial charge in [-0.25, -0.2) is 5.43 Å². The molecule has 1 heterocycles. The Labute approximate surface area is 183 Å². The topological polar surface area (TPSA) is 75.6 Å². The van der Waals surface area contributed by atoms with Crippen LogP contribution in [0.3, 0.4) is 0 Å². The highest BCUT2D eigenvalue weighted by atomic mass is 16.5. The molecule has 2 aromatic rings. The van der Waals surface area contributed by atoms with E-state index in [2.05, 4.69) is 44.6 Å². The zero-order chi connectivity index (χ0) is 22.1. The van der Waals surface area contributed by atoms with E-state index in [-0.39, 0.29) is 5.91 Å². The first kappa shape index (κ1) is 22.6. The average Bonchev–Trinajstić information content (AvgIpc) is 2.80. The van der Waals surface area contributed by atoms with Gasteiger partial charge in [-0.05, 0) is 17.7 Å². The fourth-order valence-corrected chi connectivity index (χ4v) is 3.54. The van der Waals surface area contributed by atoms with Crippen molar-refractivity contribution < 1.29 is 19.0 Å². The molecule has 1 fully saturated rings. The van der Waals surface area contributed by atoms with Gasteiger partial charge in [0.2, 0.25) is 5.75 Å². The normalized spacial score (nSPS) is 15.1. The fraction of sp³-hybridized carbons (Fsp3) is 0.391. The Bertz CT molecular complexity index is 855. The van der Waals surface area contributed by atoms with Gasteiger partial charge in [-0.3, -0.25) is 14.6 Å². The highest BCUT2D eigenvalue weighted by Gasteiger charge is 2.19. The molecule has 0 radical (unpaired) electrons. The standard InChI is InChI=1S/C23H30N4O4/c1-29-20-13-19(14-21(30-2)23(20)31-3)15-24-25-22(28)17-27-11-9-26(10-12-27)16-18-7-5-4-6-8-18/h4-8,13-15H,9-12,16-17H2,1-3H3,(H,25,28)/b24-15-. The number of hydrogen-bond acceptors (Lipinski definition) is 7. The molecule has 2 aromatic carbocycles. The maximum Gasteiger partial charge on any atom is 0.254 e. The quantitative estimate of drug-likeness (QED) is 0.488. The molecule has 1 N–H and O–H groups in total. The SMILES string of the molecule is COc1cc(/C=N\NC(=O)CN2CCN(Cc3ccccc3)CC2)cc(OC)c1OC. The van der Waals surface area contributed by atoms with Gasteiger partial charge in [-0.2, -0.15) is 5.10 Å². The fourth-order valence-electron chi connectivity index (χ4n) is 3.54. The molecule has 8 heteroatoms. The average molecular weight is 427 g/mol. The summed E-state index contributed by atoms with van der Waals surface area (Å²) in [5.74, 6) is 1.43. The molecule has 1 saturated heterocycles. The summed E-state index contributed by atoms with van der Waals surface area (Å²) in [4.78, 5) is 16.8. The highest BCUT2D eigenvalue weighted by molar-refractivity contribution is 5.84. The molecule has 0 aliphatic carbocycles. The number of rotatable bonds is 9. The Kier molecular flexibility index (Phi) is 8.26. The molecule has 0 bridgehead atoms. The second kappa shape index (κ2) is 11.3. The molecule has 0 saturated carbocycles. The van der Waals surface area contributed by atoms with E-state index in [1.807, 2.05) is 6.07 Å². The van der Waals surface area contributed by atoms with E-state index >= 15 is 0 Å². The van der Waals surface area contributed by atoms with Crippen molar-refractivity contribution in [3.8, 4) is 17.2 Å². The molecule has 31 heavy (non-hydrogen) atoms. The maximum atomic E-state index is 12.3. The van der Waals surface area contributed by atoms with E-state index in [9.17, 15) is 4.79 Å². The number of piperazine rings is 1. The van der Waals surface area contributed by atoms with Gasteiger partial charge in [0.05, 0.1) is 34.1 Å². The summed E-state index contributed by atoms with van der Waals surface area (Å²) in [6.07, 6.45) is 1.56. The molecule has 1 aliphatic heterocycles. The third-order valence-electron chi connectivity index (χ3n) is 5.17. The van der Waals surface area contributed by atoms with Crippen molar-refractivity contribution in [2.75, 3.05) is 54.1 Å². The Morgan fingerprint density at radius 2 is 1.58 bits per heavy atom. The van der Waals surface area contributed by atoms with Crippen LogP contribution in [0.2, 0.25) is 0 Å². The number of methoxy groups -OCH3 is 3. The smallest absolute Gasteiger partial charge is 0.254 e. The van der Waals surface area contributed by atoms with Crippen molar-refractivity contribution in [2.24, 2.45) is 5.10 Å². The summed E-state index contributed by atoms with van der Waals surface area (Å²) in [6.45, 7) is 4.87. The zero-order valence-corrected chi connectivity index (χ0v) is 18.3. The van der Waals surface area contributed by atoms with Crippen LogP contribution in [0, 0.1) is 0 Å². The van der Waals surface area contributed by atoms with Gasteiger partial charge in [-0.1, -0.05) is 30.3 Å². The molecule has 0 unspecified atom stereocenters. The van der Waals surface area contributed by atoms with Crippen molar-refractivity contribution in [3.63, 3.8) is 0 Å². The Hall–Kier alpha value is -3.10. The molecule has 1 aliphatic rings. The van der Waals surface area contributed by atoms with Crippen LogP contribution in [-0.2, 0) is 11.3 Å². The lowest BCUT2D eigenvalue weighted by Crippen LogP contribution is -2.48. The predicted octanol–water partition coefficient (Wildman–Crippen LogP) is 1.98. The number of nitrogens with zero attached hydrogens (tertiary/aromatic N) is 3. The monoisotopic (exact) mass is 426 g/mol. The molecule has 8 nitrogen and oxygen atoms in total. The predicted molar refractivity (Wildman–Crippen MR) is 120 cm³/mol. The Morgan fingerprint density at radius 3 is 2.16 bits per heavy atom. The number of carbonyl (C=O) groups excluding carboxylic acids is 1. The van der Waals surface area contributed by atoms with Crippen molar-refractivity contribution in [1.29, 1.82) is 0 Å². The first-order chi connectivity index (χ1) is 15.1. The number of ether oxygens (including phenoxy) is 3. The van der Waals surface area contributed by atoms with Gasteiger partial charge in [0, 0.05) is 38.3 Å². The van der Waals surface area contributed by atoms with Gasteiger partial charge >= 0.3 is 0 Å². The Morgan fingerprint density at radius 1 is 0.968 bits per heavy atom. The third-order valence-corrected chi connectivity index (χ3v) is 5.17. The molecule has 0 aromatic heterocycles. The van der Waals surface area contributed by atoms with Crippen LogP contribution < -0.4 is 19.6 Å². The van der Waals surface area contributed by atoms with Gasteiger partial charge in [0.1, 0.15) is 0 Å². The molecule has 1 amide bonds. The molecule has 0 spiro atoms. The van der Waals surface area contributed by atoms with Gasteiger partial charge < -0.3 is 14.2 Å². The van der Waals surface area contributed by atoms with Crippen LogP contribution >= 0.6 is 0 Å². The van der Waals surface area contributed by atoms with Gasteiger partial charge in [0.25, 0.3) is 5.91 Å². The summed E-state index contributed by atoms with van der Waals surface area (Å²) in [7, 11) is 4.66. The van der Waals surface area contributed by atoms with Gasteiger partial charge in [0.15, 0.2) is 11.5 Å². The van der Waals surface area contributed by atoms with E-state index in [1.165, 1.54) is 5.56 Å². The van der Waals surface area contributed by atoms with Gasteiger partial charge in [-0.15, -0.1) is 0 Å². The number of amides is 1. The van der Waals surface area contributed by atoms with Crippen molar-refractivity contribution >= 4 is 12.1 Å². The third kappa shape index (κ3) is 6.44. The lowest BCUT2D eigenvalue weighted by Gasteiger charge is -2.34. The minimum Gasteiger partial charge on any atom is -0.493 e. The van der Waals surface area contributed by atoms with Crippen molar-refractivity contribution in [1.82, 2.24) is 15.2 Å². The van der Waals surface area contributed by atoms with E-state index in [1.54, 1.807) is 39.7 Å². The largest absolute Gasteiger partial charge is 0.493 e. The van der Waals surface area contributed by atoms with Crippen LogP contribution in [0.25, 0.3) is 0 Å². The second-order valence-electron chi connectivity index (χ2n) is 7.29. The van der Waals surface area contributed by atoms with Crippen LogP contribution in [0.5, 0.6) is 17.2 Å². The maximum absolute atomic E-state index is 12.3. The first-order valence-corrected chi connectivity index (χ1v) is 10.2. The Balaban J connectivity index is 1.46. The molecule has 0 atom stereocenters. The van der Waals surface area contributed by atoms with Crippen LogP contribution in [0.1, 0.15) is 11.1 Å². The lowest BCUT2D eigenvalue weighted by molar-refractivity contribution is -0.122. The number of hydrazone groups is 1. The number of nitrogens with one attached hydrogen (secondary N) is 1. The summed E-state index contributed by atoms with van der Waals surface area (Å²) >= 11 is 0. The summed E-state index contributed by atoms with van der Waals surface area (Å²) in [5, 5.41) is 4.07. The number of carbonyl (C=O) groups is 1. The van der Waals surface area contributed by atoms with E-state index in [0.717, 1.165) is 38.3 Å². The molecular formula is C23H30N4O4. The lowest BCUT2D eigenvalue weighted by atomic mass is 10.2. The number of hydrogen-bond donors (Lipinski definition) is 1. The first-order valence-electron chi connectivity index (χ1n) is 10.2. The van der Waals surface area contributed by atoms with Crippen LogP contribution in [0.4, 0.5) is 0 Å². The number of benzene rings is 2. The summed E-state index contributed by atoms with van der Waals surface area (Å²) in [6, 6.07) is 14.0. The van der Waals surface area contributed by atoms with Crippen molar-refractivity contribution in [2.45, 2.75) is 6.54 Å². The van der Waals surface area contributed by atoms with Crippen LogP contribution in [0.15, 0.2) is 47.6 Å². The van der Waals surface area contributed by atoms with E-state index in [4.69, 9.17) is 14.2 Å². The minimum absolute atomic E-state index is 0.139. The molecular weight excluding hydrogens is 396 g/mol. The van der Waals surface area contributed by atoms with Crippen molar-refractivity contribution in [3.05, 3.63) is 53.6 Å². The summed E-state index contributed by atoms with van der Waals surface area (Å²) < 4.78 is 16.0. The minimum atomic E-state index is -0.139. The molecule has 3 rings (SSSR count). The van der Waals surface area contributed by atoms with E-state index in [0.29, 0.717) is 23.8 Å². The zero-order valence-electron chi connectivity index (χ0n) is 18.3. The molecule has 166 valence electrons. The van der Waals surface area contributed by atoms with Crippen LogP contribution in [-0.4, -0.2) is 76.0 Å².